The molecule has 1 fully saturated rings. The van der Waals surface area contributed by atoms with E-state index in [2.05, 4.69) is 11.4 Å². The van der Waals surface area contributed by atoms with Gasteiger partial charge in [0.1, 0.15) is 5.82 Å². The van der Waals surface area contributed by atoms with Crippen LogP contribution in [-0.2, 0) is 0 Å². The zero-order chi connectivity index (χ0) is 11.4. The Morgan fingerprint density at radius 3 is 2.94 bits per heavy atom. The molecular formula is C14H18FN. The molecule has 1 heterocycles. The normalized spacial score (nSPS) is 21.5. The molecule has 0 radical (unpaired) electrons. The third-order valence-corrected chi connectivity index (χ3v) is 3.07. The summed E-state index contributed by atoms with van der Waals surface area (Å²) in [5.74, 6) is -0.126. The van der Waals surface area contributed by atoms with Crippen LogP contribution in [-0.4, -0.2) is 12.6 Å². The summed E-state index contributed by atoms with van der Waals surface area (Å²) in [5.41, 5.74) is 1.64. The Morgan fingerprint density at radius 2 is 2.25 bits per heavy atom. The number of benzene rings is 1. The smallest absolute Gasteiger partial charge is 0.126 e. The highest BCUT2D eigenvalue weighted by molar-refractivity contribution is 5.50. The van der Waals surface area contributed by atoms with Crippen LogP contribution in [0.4, 0.5) is 4.39 Å². The van der Waals surface area contributed by atoms with Crippen LogP contribution >= 0.6 is 0 Å². The molecule has 86 valence electrons. The molecule has 1 nitrogen and oxygen atoms in total. The van der Waals surface area contributed by atoms with Gasteiger partial charge in [-0.1, -0.05) is 30.7 Å². The summed E-state index contributed by atoms with van der Waals surface area (Å²) in [6.07, 6.45) is 7.88. The zero-order valence-electron chi connectivity index (χ0n) is 9.67. The molecule has 1 saturated heterocycles. The summed E-state index contributed by atoms with van der Waals surface area (Å²) in [6, 6.07) is 5.83. The van der Waals surface area contributed by atoms with Crippen molar-refractivity contribution in [2.75, 3.05) is 6.54 Å². The average molecular weight is 219 g/mol. The van der Waals surface area contributed by atoms with Gasteiger partial charge in [-0.2, -0.15) is 0 Å². The van der Waals surface area contributed by atoms with E-state index in [-0.39, 0.29) is 5.82 Å². The van der Waals surface area contributed by atoms with Crippen LogP contribution in [0.25, 0.3) is 6.08 Å². The summed E-state index contributed by atoms with van der Waals surface area (Å²) in [4.78, 5) is 0. The molecule has 1 aliphatic rings. The van der Waals surface area contributed by atoms with Crippen LogP contribution in [0.5, 0.6) is 0 Å². The van der Waals surface area contributed by atoms with Crippen molar-refractivity contribution in [3.05, 3.63) is 41.2 Å². The fourth-order valence-electron chi connectivity index (χ4n) is 1.98. The summed E-state index contributed by atoms with van der Waals surface area (Å²) in [7, 11) is 0. The molecule has 1 atom stereocenters. The van der Waals surface area contributed by atoms with E-state index in [4.69, 9.17) is 0 Å². The molecule has 1 unspecified atom stereocenters. The predicted octanol–water partition coefficient (Wildman–Crippen LogP) is 3.29. The molecular weight excluding hydrogens is 201 g/mol. The summed E-state index contributed by atoms with van der Waals surface area (Å²) < 4.78 is 13.3. The molecule has 1 N–H and O–H groups in total. The lowest BCUT2D eigenvalue weighted by Crippen LogP contribution is -2.31. The molecule has 0 aliphatic carbocycles. The van der Waals surface area contributed by atoms with E-state index in [1.807, 2.05) is 18.2 Å². The summed E-state index contributed by atoms with van der Waals surface area (Å²) in [5, 5.41) is 3.43. The zero-order valence-corrected chi connectivity index (χ0v) is 9.67. The van der Waals surface area contributed by atoms with Crippen molar-refractivity contribution in [3.8, 4) is 0 Å². The highest BCUT2D eigenvalue weighted by Gasteiger charge is 2.08. The van der Waals surface area contributed by atoms with Gasteiger partial charge in [-0.3, -0.25) is 0 Å². The predicted molar refractivity (Wildman–Crippen MR) is 65.8 cm³/mol. The first-order valence-corrected chi connectivity index (χ1v) is 5.93. The minimum Gasteiger partial charge on any atom is -0.311 e. The Morgan fingerprint density at radius 1 is 1.38 bits per heavy atom. The quantitative estimate of drug-likeness (QED) is 0.804. The molecule has 0 amide bonds. The Bertz CT molecular complexity index is 378. The first-order valence-electron chi connectivity index (χ1n) is 5.93. The van der Waals surface area contributed by atoms with Crippen LogP contribution < -0.4 is 5.32 Å². The van der Waals surface area contributed by atoms with Gasteiger partial charge in [0.25, 0.3) is 0 Å². The summed E-state index contributed by atoms with van der Waals surface area (Å²) >= 11 is 0. The van der Waals surface area contributed by atoms with Gasteiger partial charge in [-0.15, -0.1) is 0 Å². The Balaban J connectivity index is 2.02. The lowest BCUT2D eigenvalue weighted by molar-refractivity contribution is 0.455. The second-order valence-electron chi connectivity index (χ2n) is 4.42. The molecule has 0 spiro atoms. The largest absolute Gasteiger partial charge is 0.311 e. The van der Waals surface area contributed by atoms with E-state index in [9.17, 15) is 4.39 Å². The third-order valence-electron chi connectivity index (χ3n) is 3.07. The van der Waals surface area contributed by atoms with Crippen LogP contribution in [0, 0.1) is 12.7 Å². The first-order chi connectivity index (χ1) is 7.75. The van der Waals surface area contributed by atoms with Gasteiger partial charge in [-0.25, -0.2) is 4.39 Å². The topological polar surface area (TPSA) is 12.0 Å². The number of hydrogen-bond donors (Lipinski definition) is 1. The van der Waals surface area contributed by atoms with E-state index in [1.54, 1.807) is 13.0 Å². The van der Waals surface area contributed by atoms with Crippen molar-refractivity contribution in [2.24, 2.45) is 0 Å². The fourth-order valence-corrected chi connectivity index (χ4v) is 1.98. The third kappa shape index (κ3) is 2.92. The SMILES string of the molecule is Cc1ccc(/C=C/C2CCCCN2)cc1F. The van der Waals surface area contributed by atoms with E-state index in [1.165, 1.54) is 19.3 Å². The van der Waals surface area contributed by atoms with Crippen LogP contribution in [0.3, 0.4) is 0 Å². The second kappa shape index (κ2) is 5.26. The standard InChI is InChI=1S/C14H18FN/c1-11-5-6-12(10-14(11)15)7-8-13-4-2-3-9-16-13/h5-8,10,13,16H,2-4,9H2,1H3/b8-7+. The fraction of sp³-hybridized carbons (Fsp3) is 0.429. The van der Waals surface area contributed by atoms with Gasteiger partial charge >= 0.3 is 0 Å². The first kappa shape index (κ1) is 11.3. The molecule has 16 heavy (non-hydrogen) atoms. The van der Waals surface area contributed by atoms with Gasteiger partial charge in [0, 0.05) is 6.04 Å². The maximum atomic E-state index is 13.3. The number of hydrogen-bond acceptors (Lipinski definition) is 1. The van der Waals surface area contributed by atoms with E-state index >= 15 is 0 Å². The van der Waals surface area contributed by atoms with Crippen molar-refractivity contribution in [3.63, 3.8) is 0 Å². The van der Waals surface area contributed by atoms with Gasteiger partial charge < -0.3 is 5.32 Å². The van der Waals surface area contributed by atoms with Crippen molar-refractivity contribution < 1.29 is 4.39 Å². The number of piperidine rings is 1. The maximum Gasteiger partial charge on any atom is 0.126 e. The maximum absolute atomic E-state index is 13.3. The molecule has 1 aromatic carbocycles. The number of aryl methyl sites for hydroxylation is 1. The van der Waals surface area contributed by atoms with E-state index in [0.29, 0.717) is 11.6 Å². The van der Waals surface area contributed by atoms with Crippen molar-refractivity contribution >= 4 is 6.08 Å². The number of nitrogens with one attached hydrogen (secondary N) is 1. The minimum absolute atomic E-state index is 0.126. The minimum atomic E-state index is -0.126. The highest BCUT2D eigenvalue weighted by Crippen LogP contribution is 2.13. The number of halogens is 1. The molecule has 1 aliphatic heterocycles. The van der Waals surface area contributed by atoms with Crippen LogP contribution in [0.2, 0.25) is 0 Å². The Labute approximate surface area is 96.4 Å². The van der Waals surface area contributed by atoms with Gasteiger partial charge in [0.05, 0.1) is 0 Å². The number of rotatable bonds is 2. The second-order valence-corrected chi connectivity index (χ2v) is 4.42. The molecule has 0 aromatic heterocycles. The molecule has 0 saturated carbocycles. The lowest BCUT2D eigenvalue weighted by atomic mass is 10.0. The summed E-state index contributed by atoms with van der Waals surface area (Å²) in [6.45, 7) is 2.88. The van der Waals surface area contributed by atoms with Gasteiger partial charge in [-0.05, 0) is 43.5 Å². The molecule has 1 aromatic rings. The molecule has 2 heteroatoms. The van der Waals surface area contributed by atoms with Crippen molar-refractivity contribution in [1.82, 2.24) is 5.32 Å². The Kier molecular flexibility index (Phi) is 3.73. The Hall–Kier alpha value is -1.15. The molecule has 2 rings (SSSR count). The molecule has 0 bridgehead atoms. The van der Waals surface area contributed by atoms with Crippen molar-refractivity contribution in [2.45, 2.75) is 32.2 Å². The van der Waals surface area contributed by atoms with Crippen LogP contribution in [0.15, 0.2) is 24.3 Å². The average Bonchev–Trinajstić information content (AvgIpc) is 2.32. The van der Waals surface area contributed by atoms with Crippen LogP contribution in [0.1, 0.15) is 30.4 Å². The monoisotopic (exact) mass is 219 g/mol. The van der Waals surface area contributed by atoms with Gasteiger partial charge in [0.15, 0.2) is 0 Å². The highest BCUT2D eigenvalue weighted by atomic mass is 19.1. The van der Waals surface area contributed by atoms with E-state index in [0.717, 1.165) is 12.1 Å². The van der Waals surface area contributed by atoms with E-state index < -0.39 is 0 Å². The lowest BCUT2D eigenvalue weighted by Gasteiger charge is -2.20. The van der Waals surface area contributed by atoms with Crippen molar-refractivity contribution in [1.29, 1.82) is 0 Å². The van der Waals surface area contributed by atoms with Gasteiger partial charge in [0.2, 0.25) is 0 Å².